The first-order chi connectivity index (χ1) is 10.2. The number of nitrogens with two attached hydrogens (primary N) is 1. The van der Waals surface area contributed by atoms with Gasteiger partial charge in [0.1, 0.15) is 11.5 Å². The molecule has 0 unspecified atom stereocenters. The van der Waals surface area contributed by atoms with Gasteiger partial charge in [-0.1, -0.05) is 30.3 Å². The first-order valence-electron chi connectivity index (χ1n) is 6.55. The maximum Gasteiger partial charge on any atom is 0.216 e. The number of anilines is 1. The van der Waals surface area contributed by atoms with Crippen LogP contribution in [0.2, 0.25) is 0 Å². The zero-order valence-corrected chi connectivity index (χ0v) is 11.3. The second-order valence-electron chi connectivity index (χ2n) is 4.68. The number of nitrogens with zero attached hydrogens (tertiary/aromatic N) is 3. The Bertz CT molecular complexity index is 765. The molecule has 0 aliphatic heterocycles. The van der Waals surface area contributed by atoms with E-state index in [1.165, 1.54) is 0 Å². The van der Waals surface area contributed by atoms with Crippen molar-refractivity contribution in [3.05, 3.63) is 78.0 Å². The van der Waals surface area contributed by atoms with Crippen LogP contribution in [0.25, 0.3) is 0 Å². The Hall–Kier alpha value is -2.95. The van der Waals surface area contributed by atoms with Crippen molar-refractivity contribution < 1.29 is 4.79 Å². The quantitative estimate of drug-likeness (QED) is 0.742. The summed E-state index contributed by atoms with van der Waals surface area (Å²) in [4.78, 5) is 20.4. The van der Waals surface area contributed by atoms with Crippen molar-refractivity contribution in [3.63, 3.8) is 0 Å². The summed E-state index contributed by atoms with van der Waals surface area (Å²) in [5.41, 5.74) is 7.61. The summed E-state index contributed by atoms with van der Waals surface area (Å²) in [5.74, 6) is 0.00696. The molecule has 0 spiro atoms. The molecular formula is C16H14N4O. The SMILES string of the molecule is Nc1ncccc1C(=O)c1cn(Cc2ccccc2)cn1. The molecule has 21 heavy (non-hydrogen) atoms. The van der Waals surface area contributed by atoms with Gasteiger partial charge in [0.25, 0.3) is 0 Å². The van der Waals surface area contributed by atoms with Gasteiger partial charge in [0.05, 0.1) is 11.9 Å². The van der Waals surface area contributed by atoms with Crippen molar-refractivity contribution in [2.45, 2.75) is 6.54 Å². The molecule has 5 heteroatoms. The molecule has 104 valence electrons. The number of ketones is 1. The molecule has 2 aromatic heterocycles. The van der Waals surface area contributed by atoms with E-state index < -0.39 is 0 Å². The normalized spacial score (nSPS) is 10.5. The molecule has 1 aromatic carbocycles. The molecule has 2 heterocycles. The predicted octanol–water partition coefficient (Wildman–Crippen LogP) is 2.14. The van der Waals surface area contributed by atoms with E-state index in [2.05, 4.69) is 9.97 Å². The summed E-state index contributed by atoms with van der Waals surface area (Å²) in [5, 5.41) is 0. The van der Waals surface area contributed by atoms with E-state index in [1.54, 1.807) is 30.9 Å². The van der Waals surface area contributed by atoms with Crippen LogP contribution in [0.4, 0.5) is 5.82 Å². The molecule has 0 radical (unpaired) electrons. The maximum absolute atomic E-state index is 12.3. The summed E-state index contributed by atoms with van der Waals surface area (Å²) >= 11 is 0. The smallest absolute Gasteiger partial charge is 0.216 e. The molecule has 3 aromatic rings. The Morgan fingerprint density at radius 3 is 2.67 bits per heavy atom. The lowest BCUT2D eigenvalue weighted by molar-refractivity contribution is 0.103. The molecule has 5 nitrogen and oxygen atoms in total. The summed E-state index contributed by atoms with van der Waals surface area (Å²) < 4.78 is 1.87. The fraction of sp³-hybridized carbons (Fsp3) is 0.0625. The molecule has 3 rings (SSSR count). The van der Waals surface area contributed by atoms with Gasteiger partial charge in [-0.25, -0.2) is 9.97 Å². The van der Waals surface area contributed by atoms with Crippen LogP contribution in [-0.2, 0) is 6.54 Å². The largest absolute Gasteiger partial charge is 0.383 e. The van der Waals surface area contributed by atoms with Crippen molar-refractivity contribution in [2.24, 2.45) is 0 Å². The molecule has 0 amide bonds. The molecular weight excluding hydrogens is 264 g/mol. The Balaban J connectivity index is 1.82. The lowest BCUT2D eigenvalue weighted by Crippen LogP contribution is -2.07. The van der Waals surface area contributed by atoms with Gasteiger partial charge in [-0.3, -0.25) is 4.79 Å². The zero-order valence-electron chi connectivity index (χ0n) is 11.3. The zero-order chi connectivity index (χ0) is 14.7. The van der Waals surface area contributed by atoms with Crippen LogP contribution in [0.5, 0.6) is 0 Å². The number of aromatic nitrogens is 3. The van der Waals surface area contributed by atoms with Crippen LogP contribution in [0.15, 0.2) is 61.2 Å². The van der Waals surface area contributed by atoms with Crippen molar-refractivity contribution in [1.29, 1.82) is 0 Å². The number of benzene rings is 1. The minimum absolute atomic E-state index is 0.215. The summed E-state index contributed by atoms with van der Waals surface area (Å²) in [6, 6.07) is 13.3. The van der Waals surface area contributed by atoms with Crippen LogP contribution >= 0.6 is 0 Å². The van der Waals surface area contributed by atoms with E-state index in [0.717, 1.165) is 5.56 Å². The molecule has 0 saturated heterocycles. The van der Waals surface area contributed by atoms with Crippen LogP contribution in [0, 0.1) is 0 Å². The van der Waals surface area contributed by atoms with E-state index in [9.17, 15) is 4.79 Å². The number of pyridine rings is 1. The van der Waals surface area contributed by atoms with Crippen molar-refractivity contribution in [1.82, 2.24) is 14.5 Å². The number of hydrogen-bond acceptors (Lipinski definition) is 4. The highest BCUT2D eigenvalue weighted by Gasteiger charge is 2.15. The molecule has 0 aliphatic rings. The van der Waals surface area contributed by atoms with Gasteiger partial charge >= 0.3 is 0 Å². The van der Waals surface area contributed by atoms with Crippen LogP contribution in [0.1, 0.15) is 21.6 Å². The minimum atomic E-state index is -0.215. The van der Waals surface area contributed by atoms with Crippen molar-refractivity contribution >= 4 is 11.6 Å². The number of carbonyl (C=O) groups excluding carboxylic acids is 1. The predicted molar refractivity (Wildman–Crippen MR) is 79.9 cm³/mol. The molecule has 0 bridgehead atoms. The van der Waals surface area contributed by atoms with Gasteiger partial charge in [0.2, 0.25) is 5.78 Å². The molecule has 0 fully saturated rings. The molecule has 0 atom stereocenters. The van der Waals surface area contributed by atoms with E-state index in [-0.39, 0.29) is 11.6 Å². The van der Waals surface area contributed by atoms with Gasteiger partial charge in [-0.05, 0) is 17.7 Å². The highest BCUT2D eigenvalue weighted by atomic mass is 16.1. The van der Waals surface area contributed by atoms with Gasteiger partial charge in [0.15, 0.2) is 0 Å². The third kappa shape index (κ3) is 2.81. The Morgan fingerprint density at radius 1 is 1.10 bits per heavy atom. The highest BCUT2D eigenvalue weighted by Crippen LogP contribution is 2.13. The van der Waals surface area contributed by atoms with Gasteiger partial charge in [-0.2, -0.15) is 0 Å². The lowest BCUT2D eigenvalue weighted by Gasteiger charge is -2.02. The third-order valence-corrected chi connectivity index (χ3v) is 3.16. The average Bonchev–Trinajstić information content (AvgIpc) is 2.97. The molecule has 0 aliphatic carbocycles. The van der Waals surface area contributed by atoms with Crippen LogP contribution < -0.4 is 5.73 Å². The average molecular weight is 278 g/mol. The van der Waals surface area contributed by atoms with Gasteiger partial charge in [0, 0.05) is 18.9 Å². The lowest BCUT2D eigenvalue weighted by atomic mass is 10.1. The number of hydrogen-bond donors (Lipinski definition) is 1. The van der Waals surface area contributed by atoms with Gasteiger partial charge < -0.3 is 10.3 Å². The standard InChI is InChI=1S/C16H14N4O/c17-16-13(7-4-8-18-16)15(21)14-10-20(11-19-14)9-12-5-2-1-3-6-12/h1-8,10-11H,9H2,(H2,17,18). The molecule has 0 saturated carbocycles. The highest BCUT2D eigenvalue weighted by molar-refractivity contribution is 6.10. The number of imidazole rings is 1. The monoisotopic (exact) mass is 278 g/mol. The van der Waals surface area contributed by atoms with E-state index in [0.29, 0.717) is 17.8 Å². The van der Waals surface area contributed by atoms with Gasteiger partial charge in [-0.15, -0.1) is 0 Å². The fourth-order valence-corrected chi connectivity index (χ4v) is 2.11. The first-order valence-corrected chi connectivity index (χ1v) is 6.55. The van der Waals surface area contributed by atoms with E-state index in [4.69, 9.17) is 5.73 Å². The Labute approximate surface area is 122 Å². The summed E-state index contributed by atoms with van der Waals surface area (Å²) in [6.45, 7) is 0.670. The Morgan fingerprint density at radius 2 is 1.90 bits per heavy atom. The second-order valence-corrected chi connectivity index (χ2v) is 4.68. The third-order valence-electron chi connectivity index (χ3n) is 3.16. The van der Waals surface area contributed by atoms with E-state index >= 15 is 0 Å². The Kier molecular flexibility index (Phi) is 3.47. The number of rotatable bonds is 4. The summed E-state index contributed by atoms with van der Waals surface area (Å²) in [6.07, 6.45) is 4.93. The van der Waals surface area contributed by atoms with Crippen molar-refractivity contribution in [2.75, 3.05) is 5.73 Å². The maximum atomic E-state index is 12.3. The number of carbonyl (C=O) groups is 1. The number of nitrogen functional groups attached to an aromatic ring is 1. The first kappa shape index (κ1) is 13.1. The van der Waals surface area contributed by atoms with Crippen LogP contribution in [0.3, 0.4) is 0 Å². The van der Waals surface area contributed by atoms with Crippen molar-refractivity contribution in [3.8, 4) is 0 Å². The topological polar surface area (TPSA) is 73.8 Å². The summed E-state index contributed by atoms with van der Waals surface area (Å²) in [7, 11) is 0. The van der Waals surface area contributed by atoms with E-state index in [1.807, 2.05) is 34.9 Å². The fourth-order valence-electron chi connectivity index (χ4n) is 2.11. The second kappa shape index (κ2) is 5.58. The van der Waals surface area contributed by atoms with Crippen LogP contribution in [-0.4, -0.2) is 20.3 Å². The minimum Gasteiger partial charge on any atom is -0.383 e. The molecule has 2 N–H and O–H groups in total.